The molecule has 0 bridgehead atoms. The van der Waals surface area contributed by atoms with E-state index >= 15 is 0 Å². The molecule has 1 aliphatic heterocycles. The summed E-state index contributed by atoms with van der Waals surface area (Å²) in [5.41, 5.74) is 7.70. The fraction of sp³-hybridized carbons (Fsp3) is 0.500. The van der Waals surface area contributed by atoms with Crippen LogP contribution in [0.5, 0.6) is 0 Å². The van der Waals surface area contributed by atoms with E-state index in [4.69, 9.17) is 5.73 Å². The Balaban J connectivity index is 1.60. The predicted octanol–water partition coefficient (Wildman–Crippen LogP) is 2.50. The summed E-state index contributed by atoms with van der Waals surface area (Å²) >= 11 is 0. The van der Waals surface area contributed by atoms with Crippen LogP contribution in [-0.4, -0.2) is 41.0 Å². The van der Waals surface area contributed by atoms with Crippen molar-refractivity contribution in [3.8, 4) is 0 Å². The second-order valence-electron chi connectivity index (χ2n) is 5.63. The van der Waals surface area contributed by atoms with Crippen LogP contribution in [0.2, 0.25) is 0 Å². The van der Waals surface area contributed by atoms with E-state index in [1.165, 1.54) is 38.8 Å². The smallest absolute Gasteiger partial charge is 0.169 e. The van der Waals surface area contributed by atoms with Crippen molar-refractivity contribution in [2.45, 2.75) is 25.7 Å². The molecule has 5 nitrogen and oxygen atoms in total. The topological polar surface area (TPSA) is 67.1 Å². The number of nitrogens with zero attached hydrogens (tertiary/aromatic N) is 3. The minimum atomic E-state index is 0.476. The highest BCUT2D eigenvalue weighted by atomic mass is 15.1. The number of likely N-dealkylation sites (tertiary alicyclic amines) is 1. The first-order valence-electron chi connectivity index (χ1n) is 7.81. The van der Waals surface area contributed by atoms with E-state index in [-0.39, 0.29) is 0 Å². The zero-order valence-electron chi connectivity index (χ0n) is 12.4. The molecule has 1 fully saturated rings. The number of hydrogen-bond acceptors (Lipinski definition) is 5. The molecule has 0 atom stereocenters. The molecule has 2 aromatic rings. The molecular weight excluding hydrogens is 262 g/mol. The van der Waals surface area contributed by atoms with Crippen molar-refractivity contribution in [1.29, 1.82) is 0 Å². The molecule has 0 spiro atoms. The standard InChI is InChI=1S/C16H23N5/c17-15-16(20-14-8-4-3-7-13(14)19-15)18-9-12-21-10-5-1-2-6-11-21/h3-4,7-8H,1-2,5-6,9-12H2,(H2,17,19)(H,18,20). The normalized spacial score (nSPS) is 16.8. The van der Waals surface area contributed by atoms with Crippen LogP contribution in [0.3, 0.4) is 0 Å². The van der Waals surface area contributed by atoms with Crippen LogP contribution in [0.1, 0.15) is 25.7 Å². The molecule has 0 aliphatic carbocycles. The van der Waals surface area contributed by atoms with E-state index in [2.05, 4.69) is 20.2 Å². The number of nitrogen functional groups attached to an aromatic ring is 1. The van der Waals surface area contributed by atoms with Gasteiger partial charge in [0.1, 0.15) is 0 Å². The van der Waals surface area contributed by atoms with Gasteiger partial charge in [-0.2, -0.15) is 0 Å². The summed E-state index contributed by atoms with van der Waals surface area (Å²) in [5.74, 6) is 1.17. The second kappa shape index (κ2) is 6.72. The monoisotopic (exact) mass is 285 g/mol. The maximum absolute atomic E-state index is 5.98. The van der Waals surface area contributed by atoms with Gasteiger partial charge in [0.05, 0.1) is 11.0 Å². The lowest BCUT2D eigenvalue weighted by molar-refractivity contribution is 0.296. The summed E-state index contributed by atoms with van der Waals surface area (Å²) in [4.78, 5) is 11.5. The lowest BCUT2D eigenvalue weighted by atomic mass is 10.2. The molecule has 5 heteroatoms. The summed E-state index contributed by atoms with van der Waals surface area (Å²) in [5, 5.41) is 3.33. The number of aromatic nitrogens is 2. The molecule has 2 heterocycles. The highest BCUT2D eigenvalue weighted by molar-refractivity contribution is 5.79. The van der Waals surface area contributed by atoms with E-state index < -0.39 is 0 Å². The largest absolute Gasteiger partial charge is 0.381 e. The lowest BCUT2D eigenvalue weighted by Gasteiger charge is -2.20. The maximum atomic E-state index is 5.98. The molecule has 0 radical (unpaired) electrons. The number of anilines is 2. The number of nitrogens with two attached hydrogens (primary N) is 1. The van der Waals surface area contributed by atoms with Gasteiger partial charge in [-0.15, -0.1) is 0 Å². The highest BCUT2D eigenvalue weighted by Crippen LogP contribution is 2.18. The number of benzene rings is 1. The van der Waals surface area contributed by atoms with Crippen molar-refractivity contribution in [2.75, 3.05) is 37.2 Å². The minimum Gasteiger partial charge on any atom is -0.381 e. The predicted molar refractivity (Wildman–Crippen MR) is 87.3 cm³/mol. The molecular formula is C16H23N5. The Kier molecular flexibility index (Phi) is 4.50. The van der Waals surface area contributed by atoms with Gasteiger partial charge in [-0.05, 0) is 38.1 Å². The van der Waals surface area contributed by atoms with Crippen molar-refractivity contribution in [2.24, 2.45) is 0 Å². The Morgan fingerprint density at radius 1 is 1.00 bits per heavy atom. The quantitative estimate of drug-likeness (QED) is 0.903. The highest BCUT2D eigenvalue weighted by Gasteiger charge is 2.09. The van der Waals surface area contributed by atoms with Gasteiger partial charge in [-0.3, -0.25) is 0 Å². The van der Waals surface area contributed by atoms with Gasteiger partial charge in [0.2, 0.25) is 0 Å². The van der Waals surface area contributed by atoms with Gasteiger partial charge in [0.25, 0.3) is 0 Å². The van der Waals surface area contributed by atoms with Gasteiger partial charge in [0, 0.05) is 13.1 Å². The van der Waals surface area contributed by atoms with Crippen LogP contribution in [0.4, 0.5) is 11.6 Å². The van der Waals surface area contributed by atoms with Crippen molar-refractivity contribution < 1.29 is 0 Å². The molecule has 3 rings (SSSR count). The van der Waals surface area contributed by atoms with E-state index in [0.717, 1.165) is 24.1 Å². The number of nitrogens with one attached hydrogen (secondary N) is 1. The van der Waals surface area contributed by atoms with Gasteiger partial charge in [-0.25, -0.2) is 9.97 Å². The second-order valence-corrected chi connectivity index (χ2v) is 5.63. The number of rotatable bonds is 4. The first-order valence-corrected chi connectivity index (χ1v) is 7.81. The molecule has 112 valence electrons. The van der Waals surface area contributed by atoms with E-state index in [1.54, 1.807) is 0 Å². The van der Waals surface area contributed by atoms with Gasteiger partial charge >= 0.3 is 0 Å². The zero-order chi connectivity index (χ0) is 14.5. The molecule has 1 aromatic carbocycles. The molecule has 1 aromatic heterocycles. The summed E-state index contributed by atoms with van der Waals surface area (Å²) in [6.07, 6.45) is 5.37. The molecule has 3 N–H and O–H groups in total. The average molecular weight is 285 g/mol. The molecule has 0 amide bonds. The van der Waals surface area contributed by atoms with Crippen LogP contribution in [0.15, 0.2) is 24.3 Å². The van der Waals surface area contributed by atoms with Crippen molar-refractivity contribution in [3.05, 3.63) is 24.3 Å². The third kappa shape index (κ3) is 3.61. The van der Waals surface area contributed by atoms with E-state index in [0.29, 0.717) is 11.6 Å². The zero-order valence-corrected chi connectivity index (χ0v) is 12.4. The Bertz CT molecular complexity index is 590. The molecule has 0 unspecified atom stereocenters. The van der Waals surface area contributed by atoms with Crippen LogP contribution in [0, 0.1) is 0 Å². The third-order valence-corrected chi connectivity index (χ3v) is 4.02. The first kappa shape index (κ1) is 14.1. The minimum absolute atomic E-state index is 0.476. The van der Waals surface area contributed by atoms with Crippen LogP contribution < -0.4 is 11.1 Å². The molecule has 1 saturated heterocycles. The summed E-state index contributed by atoms with van der Waals surface area (Å²) < 4.78 is 0. The van der Waals surface area contributed by atoms with Crippen molar-refractivity contribution in [1.82, 2.24) is 14.9 Å². The van der Waals surface area contributed by atoms with Crippen molar-refractivity contribution >= 4 is 22.7 Å². The van der Waals surface area contributed by atoms with Crippen LogP contribution >= 0.6 is 0 Å². The summed E-state index contributed by atoms with van der Waals surface area (Å²) in [7, 11) is 0. The summed E-state index contributed by atoms with van der Waals surface area (Å²) in [6.45, 7) is 4.31. The Labute approximate surface area is 125 Å². The van der Waals surface area contributed by atoms with E-state index in [1.807, 2.05) is 24.3 Å². The molecule has 21 heavy (non-hydrogen) atoms. The van der Waals surface area contributed by atoms with Crippen LogP contribution in [0.25, 0.3) is 11.0 Å². The lowest BCUT2D eigenvalue weighted by Crippen LogP contribution is -2.30. The third-order valence-electron chi connectivity index (χ3n) is 4.02. The number of fused-ring (bicyclic) bond motifs is 1. The Morgan fingerprint density at radius 3 is 2.38 bits per heavy atom. The number of para-hydroxylation sites is 2. The Morgan fingerprint density at radius 2 is 1.67 bits per heavy atom. The Hall–Kier alpha value is -1.88. The van der Waals surface area contributed by atoms with E-state index in [9.17, 15) is 0 Å². The SMILES string of the molecule is Nc1nc2ccccc2nc1NCCN1CCCCCC1. The van der Waals surface area contributed by atoms with Crippen molar-refractivity contribution in [3.63, 3.8) is 0 Å². The average Bonchev–Trinajstić information content (AvgIpc) is 2.76. The molecule has 1 aliphatic rings. The fourth-order valence-electron chi connectivity index (χ4n) is 2.84. The fourth-order valence-corrected chi connectivity index (χ4v) is 2.84. The van der Waals surface area contributed by atoms with Gasteiger partial charge < -0.3 is 16.0 Å². The summed E-state index contributed by atoms with van der Waals surface area (Å²) in [6, 6.07) is 7.80. The first-order chi connectivity index (χ1) is 10.3. The maximum Gasteiger partial charge on any atom is 0.169 e. The van der Waals surface area contributed by atoms with Gasteiger partial charge in [-0.1, -0.05) is 25.0 Å². The number of hydrogen-bond donors (Lipinski definition) is 2. The van der Waals surface area contributed by atoms with Crippen LogP contribution in [-0.2, 0) is 0 Å². The molecule has 0 saturated carbocycles. The van der Waals surface area contributed by atoms with Gasteiger partial charge in [0.15, 0.2) is 11.6 Å².